The van der Waals surface area contributed by atoms with E-state index in [0.717, 1.165) is 55.6 Å². The number of imidazole rings is 1. The molecule has 1 aliphatic heterocycles. The molecular formula is C30H30F2N6O3. The van der Waals surface area contributed by atoms with Crippen molar-refractivity contribution in [2.24, 2.45) is 5.41 Å². The van der Waals surface area contributed by atoms with E-state index in [1.54, 1.807) is 36.4 Å². The minimum Gasteiger partial charge on any atom is -0.478 e. The summed E-state index contributed by atoms with van der Waals surface area (Å²) >= 11 is 0. The third-order valence-electron chi connectivity index (χ3n) is 8.25. The number of aromatic nitrogens is 4. The van der Waals surface area contributed by atoms with Gasteiger partial charge in [-0.05, 0) is 56.0 Å². The molecule has 6 rings (SSSR count). The number of carboxylic acids is 1. The molecule has 3 heterocycles. The highest BCUT2D eigenvalue weighted by molar-refractivity contribution is 5.92. The minimum absolute atomic E-state index is 0.0195. The standard InChI is InChI=1S/C30H30F2N6O3/c31-18-30(8-9-30)19-37-26-14-21(29(39)40)3-4-25(26)34-27(37)16-36-10-5-23(6-11-36)38-12-7-28(35-38)41-17-22-2-1-20(15-33)13-24(22)32/h1-4,7,12-14,23H,5-6,8-11,16-19H2,(H,39,40). The Morgan fingerprint density at radius 3 is 2.66 bits per heavy atom. The molecule has 0 unspecified atom stereocenters. The predicted molar refractivity (Wildman–Crippen MR) is 146 cm³/mol. The normalized spacial score (nSPS) is 17.0. The van der Waals surface area contributed by atoms with Crippen LogP contribution in [0.4, 0.5) is 8.78 Å². The number of fused-ring (bicyclic) bond motifs is 1. The number of hydrogen-bond acceptors (Lipinski definition) is 6. The van der Waals surface area contributed by atoms with E-state index in [0.29, 0.717) is 24.5 Å². The van der Waals surface area contributed by atoms with Crippen molar-refractivity contribution in [1.82, 2.24) is 24.2 Å². The van der Waals surface area contributed by atoms with Crippen LogP contribution in [0.2, 0.25) is 0 Å². The van der Waals surface area contributed by atoms with Gasteiger partial charge in [0.1, 0.15) is 18.2 Å². The number of rotatable bonds is 10. The van der Waals surface area contributed by atoms with E-state index in [9.17, 15) is 18.7 Å². The van der Waals surface area contributed by atoms with E-state index in [2.05, 4.69) is 10.00 Å². The summed E-state index contributed by atoms with van der Waals surface area (Å²) in [6.45, 7) is 2.34. The Morgan fingerprint density at radius 2 is 1.98 bits per heavy atom. The Bertz CT molecular complexity index is 1630. The molecule has 0 amide bonds. The zero-order valence-corrected chi connectivity index (χ0v) is 22.5. The van der Waals surface area contributed by atoms with E-state index >= 15 is 0 Å². The number of piperidine rings is 1. The largest absolute Gasteiger partial charge is 0.478 e. The van der Waals surface area contributed by atoms with Gasteiger partial charge in [-0.2, -0.15) is 5.26 Å². The van der Waals surface area contributed by atoms with Crippen molar-refractivity contribution in [2.45, 2.75) is 51.4 Å². The summed E-state index contributed by atoms with van der Waals surface area (Å²) in [5.74, 6) is -0.245. The van der Waals surface area contributed by atoms with Crippen molar-refractivity contribution >= 4 is 17.0 Å². The average Bonchev–Trinajstić information content (AvgIpc) is 3.47. The smallest absolute Gasteiger partial charge is 0.335 e. The fraction of sp³-hybridized carbons (Fsp3) is 0.400. The lowest BCUT2D eigenvalue weighted by Crippen LogP contribution is -2.35. The number of likely N-dealkylation sites (tertiary alicyclic amines) is 1. The average molecular weight is 561 g/mol. The molecule has 11 heteroatoms. The maximum absolute atomic E-state index is 14.2. The Balaban J connectivity index is 1.10. The van der Waals surface area contributed by atoms with Crippen LogP contribution in [0, 0.1) is 22.6 Å². The van der Waals surface area contributed by atoms with Gasteiger partial charge in [0.15, 0.2) is 0 Å². The van der Waals surface area contributed by atoms with Crippen LogP contribution in [0.15, 0.2) is 48.7 Å². The number of ether oxygens (including phenoxy) is 1. The fourth-order valence-corrected chi connectivity index (χ4v) is 5.48. The molecule has 1 saturated carbocycles. The van der Waals surface area contributed by atoms with Crippen molar-refractivity contribution in [2.75, 3.05) is 19.8 Å². The van der Waals surface area contributed by atoms with Crippen molar-refractivity contribution in [3.05, 3.63) is 77.0 Å². The van der Waals surface area contributed by atoms with Crippen molar-refractivity contribution in [3.63, 3.8) is 0 Å². The van der Waals surface area contributed by atoms with Crippen LogP contribution in [-0.4, -0.2) is 55.1 Å². The fourth-order valence-electron chi connectivity index (χ4n) is 5.48. The highest BCUT2D eigenvalue weighted by Gasteiger charge is 2.44. The molecule has 0 atom stereocenters. The Morgan fingerprint density at radius 1 is 1.17 bits per heavy atom. The molecule has 1 N–H and O–H groups in total. The third kappa shape index (κ3) is 5.65. The molecule has 1 aliphatic carbocycles. The number of halogens is 2. The number of nitriles is 1. The second kappa shape index (κ2) is 10.9. The second-order valence-electron chi connectivity index (χ2n) is 11.1. The van der Waals surface area contributed by atoms with Crippen molar-refractivity contribution < 1.29 is 23.4 Å². The highest BCUT2D eigenvalue weighted by Crippen LogP contribution is 2.48. The molecule has 2 aromatic carbocycles. The quantitative estimate of drug-likeness (QED) is 0.287. The summed E-state index contributed by atoms with van der Waals surface area (Å²) in [6, 6.07) is 13.1. The van der Waals surface area contributed by atoms with Gasteiger partial charge in [0.2, 0.25) is 5.88 Å². The molecule has 1 saturated heterocycles. The molecule has 41 heavy (non-hydrogen) atoms. The lowest BCUT2D eigenvalue weighted by atomic mass is 10.1. The van der Waals surface area contributed by atoms with Crippen LogP contribution in [0.5, 0.6) is 5.88 Å². The first-order valence-corrected chi connectivity index (χ1v) is 13.7. The minimum atomic E-state index is -0.997. The SMILES string of the molecule is N#Cc1ccc(COc2ccn(C3CCN(Cc4nc5ccc(C(=O)O)cc5n4CC4(CF)CC4)CC3)n2)c(F)c1. The molecule has 0 radical (unpaired) electrons. The van der Waals surface area contributed by atoms with Crippen LogP contribution in [0.1, 0.15) is 59.0 Å². The number of carboxylic acid groups (broad SMARTS) is 1. The third-order valence-corrected chi connectivity index (χ3v) is 8.25. The summed E-state index contributed by atoms with van der Waals surface area (Å²) < 4.78 is 37.6. The van der Waals surface area contributed by atoms with Crippen LogP contribution >= 0.6 is 0 Å². The second-order valence-corrected chi connectivity index (χ2v) is 11.1. The van der Waals surface area contributed by atoms with E-state index in [-0.39, 0.29) is 29.2 Å². The molecule has 0 bridgehead atoms. The predicted octanol–water partition coefficient (Wildman–Crippen LogP) is 5.11. The summed E-state index contributed by atoms with van der Waals surface area (Å²) in [5, 5.41) is 22.9. The molecule has 9 nitrogen and oxygen atoms in total. The summed E-state index contributed by atoms with van der Waals surface area (Å²) in [6.07, 6.45) is 5.25. The first kappa shape index (κ1) is 26.9. The lowest BCUT2D eigenvalue weighted by molar-refractivity contribution is 0.0697. The molecule has 2 fully saturated rings. The first-order chi connectivity index (χ1) is 19.9. The number of hydrogen-bond donors (Lipinski definition) is 1. The lowest BCUT2D eigenvalue weighted by Gasteiger charge is -2.32. The van der Waals surface area contributed by atoms with Crippen LogP contribution in [-0.2, 0) is 19.7 Å². The maximum Gasteiger partial charge on any atom is 0.335 e. The summed E-state index contributed by atoms with van der Waals surface area (Å²) in [4.78, 5) is 18.7. The van der Waals surface area contributed by atoms with Crippen LogP contribution in [0.3, 0.4) is 0 Å². The van der Waals surface area contributed by atoms with Gasteiger partial charge in [0, 0.05) is 42.9 Å². The van der Waals surface area contributed by atoms with Gasteiger partial charge in [0.25, 0.3) is 0 Å². The topological polar surface area (TPSA) is 109 Å². The van der Waals surface area contributed by atoms with Gasteiger partial charge in [-0.15, -0.1) is 5.10 Å². The number of nitrogens with zero attached hydrogens (tertiary/aromatic N) is 6. The molecular weight excluding hydrogens is 530 g/mol. The molecule has 212 valence electrons. The van der Waals surface area contributed by atoms with E-state index in [4.69, 9.17) is 15.0 Å². The number of alkyl halides is 1. The van der Waals surface area contributed by atoms with Gasteiger partial charge >= 0.3 is 5.97 Å². The highest BCUT2D eigenvalue weighted by atomic mass is 19.1. The number of carbonyl (C=O) groups is 1. The zero-order chi connectivity index (χ0) is 28.6. The number of aromatic carboxylic acids is 1. The monoisotopic (exact) mass is 560 g/mol. The van der Waals surface area contributed by atoms with Gasteiger partial charge < -0.3 is 14.4 Å². The van der Waals surface area contributed by atoms with Gasteiger partial charge in [-0.1, -0.05) is 6.07 Å². The van der Waals surface area contributed by atoms with Crippen LogP contribution < -0.4 is 4.74 Å². The number of benzene rings is 2. The Kier molecular flexibility index (Phi) is 7.17. The van der Waals surface area contributed by atoms with E-state index < -0.39 is 18.5 Å². The van der Waals surface area contributed by atoms with Crippen molar-refractivity contribution in [1.29, 1.82) is 5.26 Å². The van der Waals surface area contributed by atoms with E-state index in [1.165, 1.54) is 6.07 Å². The molecule has 2 aliphatic rings. The van der Waals surface area contributed by atoms with E-state index in [1.807, 2.05) is 21.5 Å². The van der Waals surface area contributed by atoms with Gasteiger partial charge in [-0.25, -0.2) is 14.2 Å². The maximum atomic E-state index is 14.2. The van der Waals surface area contributed by atoms with Crippen LogP contribution in [0.25, 0.3) is 11.0 Å². The summed E-state index contributed by atoms with van der Waals surface area (Å²) in [5.41, 5.74) is 1.90. The van der Waals surface area contributed by atoms with Gasteiger partial charge in [-0.3, -0.25) is 14.0 Å². The zero-order valence-electron chi connectivity index (χ0n) is 22.5. The Hall–Kier alpha value is -4.30. The van der Waals surface area contributed by atoms with Gasteiger partial charge in [0.05, 0.1) is 47.5 Å². The first-order valence-electron chi connectivity index (χ1n) is 13.7. The molecule has 4 aromatic rings. The molecule has 0 spiro atoms. The van der Waals surface area contributed by atoms with Crippen molar-refractivity contribution in [3.8, 4) is 11.9 Å². The molecule has 2 aromatic heterocycles. The Labute approximate surface area is 235 Å². The summed E-state index contributed by atoms with van der Waals surface area (Å²) in [7, 11) is 0.